The van der Waals surface area contributed by atoms with E-state index in [2.05, 4.69) is 35.3 Å². The first-order valence-electron chi connectivity index (χ1n) is 15.8. The molecule has 2 aromatic heterocycles. The van der Waals surface area contributed by atoms with Gasteiger partial charge in [-0.25, -0.2) is 9.18 Å². The van der Waals surface area contributed by atoms with Gasteiger partial charge in [0.1, 0.15) is 18.0 Å². The summed E-state index contributed by atoms with van der Waals surface area (Å²) in [6.07, 6.45) is 5.47. The number of carbonyl (C=O) groups is 2. The summed E-state index contributed by atoms with van der Waals surface area (Å²) in [6, 6.07) is 5.63. The average molecular weight is 641 g/mol. The lowest BCUT2D eigenvalue weighted by atomic mass is 9.91. The van der Waals surface area contributed by atoms with E-state index in [4.69, 9.17) is 19.3 Å². The first kappa shape index (κ1) is 32.7. The van der Waals surface area contributed by atoms with Crippen LogP contribution in [0.1, 0.15) is 54.6 Å². The number of carbonyl (C=O) groups excluding carboxylic acids is 1. The molecule has 0 spiro atoms. The Morgan fingerprint density at radius 3 is 2.36 bits per heavy atom. The molecule has 10 nitrogen and oxygen atoms in total. The van der Waals surface area contributed by atoms with E-state index in [0.29, 0.717) is 84.0 Å². The molecule has 244 valence electrons. The average Bonchev–Trinajstić information content (AvgIpc) is 3.77. The molecule has 5 rings (SSSR count). The zero-order valence-corrected chi connectivity index (χ0v) is 27.9. The van der Waals surface area contributed by atoms with Crippen molar-refractivity contribution in [3.8, 4) is 22.6 Å². The molecule has 0 radical (unpaired) electrons. The van der Waals surface area contributed by atoms with Crippen LogP contribution in [0.25, 0.3) is 22.2 Å². The Morgan fingerprint density at radius 1 is 1.04 bits per heavy atom. The van der Waals surface area contributed by atoms with Gasteiger partial charge in [-0.2, -0.15) is 0 Å². The molecule has 1 aromatic carbocycles. The number of amides is 2. The Bertz CT molecular complexity index is 1540. The number of nitrogens with one attached hydrogen (secondary N) is 2. The van der Waals surface area contributed by atoms with Gasteiger partial charge in [-0.1, -0.05) is 19.6 Å². The molecule has 12 heteroatoms. The molecular weight excluding hydrogens is 595 g/mol. The SMILES string of the molecule is COc1cc(OCC2CC2)c(-c2ccnc3c(C(=O)N[C@H]4CC[C@@H](NC(=O)O)CC4)c(C)n(COCC[Si](C)(C)C)c23)cc1F. The summed E-state index contributed by atoms with van der Waals surface area (Å²) < 4.78 is 34.9. The van der Waals surface area contributed by atoms with Crippen molar-refractivity contribution < 1.29 is 33.3 Å². The molecule has 0 aliphatic heterocycles. The van der Waals surface area contributed by atoms with Crippen molar-refractivity contribution in [2.75, 3.05) is 20.3 Å². The van der Waals surface area contributed by atoms with Crippen molar-refractivity contribution in [3.63, 3.8) is 0 Å². The van der Waals surface area contributed by atoms with Gasteiger partial charge in [-0.15, -0.1) is 0 Å². The number of fused-ring (bicyclic) bond motifs is 1. The lowest BCUT2D eigenvalue weighted by Crippen LogP contribution is -2.43. The number of carboxylic acid groups (broad SMARTS) is 1. The summed E-state index contributed by atoms with van der Waals surface area (Å²) in [5, 5.41) is 14.8. The van der Waals surface area contributed by atoms with Crippen LogP contribution in [0.3, 0.4) is 0 Å². The molecule has 3 N–H and O–H groups in total. The molecule has 0 unspecified atom stereocenters. The van der Waals surface area contributed by atoms with Crippen LogP contribution in [0.5, 0.6) is 11.5 Å². The fourth-order valence-electron chi connectivity index (χ4n) is 5.90. The number of aromatic nitrogens is 2. The van der Waals surface area contributed by atoms with Gasteiger partial charge in [-0.3, -0.25) is 9.78 Å². The third kappa shape index (κ3) is 7.96. The molecule has 2 fully saturated rings. The number of ether oxygens (including phenoxy) is 3. The number of pyridine rings is 1. The molecule has 2 amide bonds. The number of benzene rings is 1. The molecule has 2 aliphatic rings. The van der Waals surface area contributed by atoms with E-state index < -0.39 is 20.0 Å². The van der Waals surface area contributed by atoms with Crippen molar-refractivity contribution in [2.45, 2.75) is 89.9 Å². The van der Waals surface area contributed by atoms with Crippen LogP contribution in [-0.2, 0) is 11.5 Å². The maximum Gasteiger partial charge on any atom is 0.404 e. The van der Waals surface area contributed by atoms with Gasteiger partial charge >= 0.3 is 6.09 Å². The molecule has 2 aliphatic carbocycles. The maximum absolute atomic E-state index is 15.2. The van der Waals surface area contributed by atoms with Crippen LogP contribution >= 0.6 is 0 Å². The standard InChI is InChI=1S/C33H45FN4O6Si/c1-20-29(32(39)36-22-8-10-23(11-9-22)37-33(40)41)30-31(38(20)19-43-14-15-45(3,4)5)24(12-13-35-30)25-16-26(34)28(42-2)17-27(25)44-18-21-6-7-21/h12-13,16-17,21-23,37H,6-11,14-15,18-19H2,1-5H3,(H,36,39)(H,40,41)/t22-,23+. The van der Waals surface area contributed by atoms with E-state index in [9.17, 15) is 9.59 Å². The van der Waals surface area contributed by atoms with Crippen LogP contribution in [0.4, 0.5) is 9.18 Å². The second kappa shape index (κ2) is 13.8. The summed E-state index contributed by atoms with van der Waals surface area (Å²) in [7, 11) is 0.0980. The van der Waals surface area contributed by atoms with E-state index in [-0.39, 0.29) is 30.5 Å². The van der Waals surface area contributed by atoms with Crippen molar-refractivity contribution >= 4 is 31.1 Å². The van der Waals surface area contributed by atoms with Crippen LogP contribution in [0.15, 0.2) is 24.4 Å². The van der Waals surface area contributed by atoms with E-state index in [0.717, 1.165) is 18.9 Å². The van der Waals surface area contributed by atoms with Gasteiger partial charge in [0.15, 0.2) is 11.6 Å². The van der Waals surface area contributed by atoms with Crippen molar-refractivity contribution in [1.82, 2.24) is 20.2 Å². The second-order valence-corrected chi connectivity index (χ2v) is 19.1. The number of hydrogen-bond donors (Lipinski definition) is 3. The zero-order valence-electron chi connectivity index (χ0n) is 26.9. The van der Waals surface area contributed by atoms with Crippen molar-refractivity contribution in [1.29, 1.82) is 0 Å². The largest absolute Gasteiger partial charge is 0.494 e. The fraction of sp³-hybridized carbons (Fsp3) is 0.545. The van der Waals surface area contributed by atoms with Gasteiger partial charge in [0.2, 0.25) is 0 Å². The third-order valence-corrected chi connectivity index (χ3v) is 10.5. The predicted molar refractivity (Wildman–Crippen MR) is 173 cm³/mol. The summed E-state index contributed by atoms with van der Waals surface area (Å²) in [5.74, 6) is 0.342. The summed E-state index contributed by atoms with van der Waals surface area (Å²) >= 11 is 0. The molecule has 0 atom stereocenters. The Morgan fingerprint density at radius 2 is 1.73 bits per heavy atom. The van der Waals surface area contributed by atoms with Gasteiger partial charge in [0.05, 0.1) is 24.8 Å². The Hall–Kier alpha value is -3.64. The molecule has 45 heavy (non-hydrogen) atoms. The van der Waals surface area contributed by atoms with Crippen molar-refractivity contribution in [2.24, 2.45) is 5.92 Å². The molecule has 0 saturated heterocycles. The fourth-order valence-corrected chi connectivity index (χ4v) is 6.65. The Balaban J connectivity index is 1.53. The quantitative estimate of drug-likeness (QED) is 0.143. The van der Waals surface area contributed by atoms with E-state index in [1.807, 2.05) is 17.6 Å². The molecule has 0 bridgehead atoms. The topological polar surface area (TPSA) is 124 Å². The Kier molecular flexibility index (Phi) is 10.0. The number of rotatable bonds is 13. The van der Waals surface area contributed by atoms with Crippen LogP contribution in [0.2, 0.25) is 25.7 Å². The third-order valence-electron chi connectivity index (χ3n) is 8.75. The van der Waals surface area contributed by atoms with Gasteiger partial charge in [0.25, 0.3) is 5.91 Å². The minimum atomic E-state index is -1.33. The lowest BCUT2D eigenvalue weighted by Gasteiger charge is -2.28. The van der Waals surface area contributed by atoms with Gasteiger partial charge in [-0.05, 0) is 69.5 Å². The van der Waals surface area contributed by atoms with Crippen LogP contribution in [-0.4, -0.2) is 67.1 Å². The second-order valence-electron chi connectivity index (χ2n) is 13.5. The molecule has 2 saturated carbocycles. The normalized spacial score (nSPS) is 18.5. The summed E-state index contributed by atoms with van der Waals surface area (Å²) in [5.41, 5.74) is 3.55. The maximum atomic E-state index is 15.2. The monoisotopic (exact) mass is 640 g/mol. The summed E-state index contributed by atoms with van der Waals surface area (Å²) in [6.45, 7) is 10.1. The molecule has 2 heterocycles. The number of halogens is 1. The smallest absolute Gasteiger partial charge is 0.404 e. The van der Waals surface area contributed by atoms with Gasteiger partial charge < -0.3 is 34.5 Å². The van der Waals surface area contributed by atoms with E-state index in [1.54, 1.807) is 12.3 Å². The lowest BCUT2D eigenvalue weighted by molar-refractivity contribution is 0.0878. The highest BCUT2D eigenvalue weighted by Gasteiger charge is 2.29. The highest BCUT2D eigenvalue weighted by Crippen LogP contribution is 2.41. The molecular formula is C33H45FN4O6Si. The molecule has 3 aromatic rings. The van der Waals surface area contributed by atoms with Crippen LogP contribution in [0, 0.1) is 18.7 Å². The highest BCUT2D eigenvalue weighted by molar-refractivity contribution is 6.76. The zero-order chi connectivity index (χ0) is 32.3. The minimum Gasteiger partial charge on any atom is -0.494 e. The van der Waals surface area contributed by atoms with Crippen molar-refractivity contribution in [3.05, 3.63) is 41.5 Å². The van der Waals surface area contributed by atoms with Gasteiger partial charge in [0, 0.05) is 55.8 Å². The minimum absolute atomic E-state index is 0.0866. The summed E-state index contributed by atoms with van der Waals surface area (Å²) in [4.78, 5) is 29.6. The highest BCUT2D eigenvalue weighted by atomic mass is 28.3. The first-order chi connectivity index (χ1) is 21.4. The van der Waals surface area contributed by atoms with Crippen LogP contribution < -0.4 is 20.1 Å². The number of hydrogen-bond acceptors (Lipinski definition) is 6. The predicted octanol–water partition coefficient (Wildman–Crippen LogP) is 6.57. The number of methoxy groups -OCH3 is 1. The Labute approximate surface area is 264 Å². The number of nitrogens with zero attached hydrogens (tertiary/aromatic N) is 2. The van der Waals surface area contributed by atoms with E-state index in [1.165, 1.54) is 13.2 Å². The first-order valence-corrected chi connectivity index (χ1v) is 19.5. The van der Waals surface area contributed by atoms with E-state index >= 15 is 4.39 Å².